The van der Waals surface area contributed by atoms with Crippen LogP contribution < -0.4 is 0 Å². The van der Waals surface area contributed by atoms with Gasteiger partial charge in [0, 0.05) is 19.3 Å². The third kappa shape index (κ3) is 54.7. The smallest absolute Gasteiger partial charge is 0.306 e. The normalized spacial score (nSPS) is 12.1. The van der Waals surface area contributed by atoms with Gasteiger partial charge in [-0.3, -0.25) is 14.4 Å². The van der Waals surface area contributed by atoms with Gasteiger partial charge in [-0.25, -0.2) is 0 Å². The van der Waals surface area contributed by atoms with Gasteiger partial charge in [-0.15, -0.1) is 0 Å². The number of esters is 3. The predicted octanol–water partition coefficient (Wildman–Crippen LogP) is 19.9. The molecule has 6 nitrogen and oxygen atoms in total. The zero-order valence-electron chi connectivity index (χ0n) is 45.2. The van der Waals surface area contributed by atoms with Crippen LogP contribution in [0, 0.1) is 0 Å². The molecule has 0 aliphatic heterocycles. The Balaban J connectivity index is 4.20. The second-order valence-electron chi connectivity index (χ2n) is 20.3. The lowest BCUT2D eigenvalue weighted by Crippen LogP contribution is -2.30. The summed E-state index contributed by atoms with van der Waals surface area (Å²) in [6.07, 6.45) is 66.1. The average Bonchev–Trinajstić information content (AvgIpc) is 3.33. The second-order valence-corrected chi connectivity index (χ2v) is 20.3. The van der Waals surface area contributed by atoms with E-state index in [-0.39, 0.29) is 31.1 Å². The molecule has 0 amide bonds. The van der Waals surface area contributed by atoms with Crippen molar-refractivity contribution in [3.05, 3.63) is 24.3 Å². The van der Waals surface area contributed by atoms with Crippen LogP contribution in [-0.2, 0) is 28.6 Å². The summed E-state index contributed by atoms with van der Waals surface area (Å²) >= 11 is 0. The molecule has 0 aromatic rings. The molecule has 0 bridgehead atoms. The fourth-order valence-corrected chi connectivity index (χ4v) is 8.95. The fourth-order valence-electron chi connectivity index (χ4n) is 8.95. The molecule has 0 saturated heterocycles. The van der Waals surface area contributed by atoms with Crippen LogP contribution in [0.2, 0.25) is 0 Å². The molecule has 0 spiro atoms. The van der Waals surface area contributed by atoms with Crippen molar-refractivity contribution in [3.8, 4) is 0 Å². The number of carbonyl (C=O) groups is 3. The van der Waals surface area contributed by atoms with Gasteiger partial charge in [0.1, 0.15) is 13.2 Å². The molecule has 394 valence electrons. The van der Waals surface area contributed by atoms with Crippen molar-refractivity contribution in [3.63, 3.8) is 0 Å². The molecule has 0 aliphatic carbocycles. The highest BCUT2D eigenvalue weighted by atomic mass is 16.6. The van der Waals surface area contributed by atoms with Crippen LogP contribution in [0.4, 0.5) is 0 Å². The van der Waals surface area contributed by atoms with E-state index in [4.69, 9.17) is 14.2 Å². The average molecular weight is 944 g/mol. The molecular weight excluding hydrogens is 829 g/mol. The minimum Gasteiger partial charge on any atom is -0.462 e. The van der Waals surface area contributed by atoms with Crippen LogP contribution in [0.5, 0.6) is 0 Å². The highest BCUT2D eigenvalue weighted by Crippen LogP contribution is 2.17. The summed E-state index contributed by atoms with van der Waals surface area (Å²) in [5.41, 5.74) is 0. The molecular formula is C61H114O6. The van der Waals surface area contributed by atoms with Crippen molar-refractivity contribution >= 4 is 17.9 Å². The van der Waals surface area contributed by atoms with Crippen LogP contribution >= 0.6 is 0 Å². The number of hydrogen-bond donors (Lipinski definition) is 0. The number of rotatable bonds is 55. The van der Waals surface area contributed by atoms with Crippen LogP contribution in [0.3, 0.4) is 0 Å². The minimum absolute atomic E-state index is 0.0692. The summed E-state index contributed by atoms with van der Waals surface area (Å²) in [6, 6.07) is 0. The van der Waals surface area contributed by atoms with Crippen LogP contribution in [-0.4, -0.2) is 37.2 Å². The lowest BCUT2D eigenvalue weighted by atomic mass is 10.0. The molecule has 0 aliphatic rings. The first-order chi connectivity index (χ1) is 33.0. The summed E-state index contributed by atoms with van der Waals surface area (Å²) in [6.45, 7) is 6.65. The van der Waals surface area contributed by atoms with Gasteiger partial charge in [0.25, 0.3) is 0 Å². The van der Waals surface area contributed by atoms with E-state index >= 15 is 0 Å². The highest BCUT2D eigenvalue weighted by molar-refractivity contribution is 5.71. The minimum atomic E-state index is -0.770. The maximum Gasteiger partial charge on any atom is 0.306 e. The first-order valence-corrected chi connectivity index (χ1v) is 29.8. The molecule has 1 atom stereocenters. The topological polar surface area (TPSA) is 78.9 Å². The summed E-state index contributed by atoms with van der Waals surface area (Å²) in [5.74, 6) is -0.859. The quantitative estimate of drug-likeness (QED) is 0.0262. The van der Waals surface area contributed by atoms with E-state index in [9.17, 15) is 14.4 Å². The Morgan fingerprint density at radius 2 is 0.537 bits per heavy atom. The van der Waals surface area contributed by atoms with Gasteiger partial charge in [0.2, 0.25) is 0 Å². The Labute approximate surface area is 417 Å². The molecule has 0 heterocycles. The Kier molecular flexibility index (Phi) is 54.7. The van der Waals surface area contributed by atoms with Crippen LogP contribution in [0.15, 0.2) is 24.3 Å². The molecule has 0 rings (SSSR count). The van der Waals surface area contributed by atoms with Gasteiger partial charge in [0.05, 0.1) is 0 Å². The van der Waals surface area contributed by atoms with E-state index in [0.29, 0.717) is 19.3 Å². The first kappa shape index (κ1) is 64.9. The van der Waals surface area contributed by atoms with E-state index in [1.165, 1.54) is 218 Å². The van der Waals surface area contributed by atoms with E-state index in [2.05, 4.69) is 45.1 Å². The lowest BCUT2D eigenvalue weighted by molar-refractivity contribution is -0.167. The Morgan fingerprint density at radius 3 is 0.836 bits per heavy atom. The van der Waals surface area contributed by atoms with E-state index in [1.54, 1.807) is 0 Å². The number of unbranched alkanes of at least 4 members (excludes halogenated alkanes) is 40. The van der Waals surface area contributed by atoms with Gasteiger partial charge < -0.3 is 14.2 Å². The third-order valence-corrected chi connectivity index (χ3v) is 13.5. The van der Waals surface area contributed by atoms with Crippen LogP contribution in [0.1, 0.15) is 329 Å². The molecule has 0 fully saturated rings. The Hall–Kier alpha value is -2.11. The van der Waals surface area contributed by atoms with Gasteiger partial charge in [0.15, 0.2) is 6.10 Å². The second kappa shape index (κ2) is 56.5. The largest absolute Gasteiger partial charge is 0.462 e. The Morgan fingerprint density at radius 1 is 0.299 bits per heavy atom. The van der Waals surface area contributed by atoms with E-state index < -0.39 is 6.10 Å². The summed E-state index contributed by atoms with van der Waals surface area (Å²) in [7, 11) is 0. The van der Waals surface area contributed by atoms with Gasteiger partial charge >= 0.3 is 17.9 Å². The molecule has 0 N–H and O–H groups in total. The van der Waals surface area contributed by atoms with Gasteiger partial charge in [-0.05, 0) is 51.4 Å². The zero-order chi connectivity index (χ0) is 48.6. The SMILES string of the molecule is CCCCCC/C=C\C/C=C\CCCCCCCCCC(=O)OC(COC(=O)CCCCCCCCCCC)COC(=O)CCCCCCCCCCCCCCCCCCCCCCCC. The summed E-state index contributed by atoms with van der Waals surface area (Å²) < 4.78 is 16.8. The molecule has 6 heteroatoms. The third-order valence-electron chi connectivity index (χ3n) is 13.5. The number of carbonyl (C=O) groups excluding carboxylic acids is 3. The van der Waals surface area contributed by atoms with Crippen molar-refractivity contribution in [2.45, 2.75) is 335 Å². The predicted molar refractivity (Wildman–Crippen MR) is 289 cm³/mol. The van der Waals surface area contributed by atoms with Crippen molar-refractivity contribution in [1.29, 1.82) is 0 Å². The summed E-state index contributed by atoms with van der Waals surface area (Å²) in [4.78, 5) is 38.1. The van der Waals surface area contributed by atoms with Crippen molar-refractivity contribution in [2.24, 2.45) is 0 Å². The molecule has 67 heavy (non-hydrogen) atoms. The molecule has 1 unspecified atom stereocenters. The monoisotopic (exact) mass is 943 g/mol. The van der Waals surface area contributed by atoms with Crippen molar-refractivity contribution < 1.29 is 28.6 Å². The standard InChI is InChI=1S/C61H114O6/c1-4-7-10-13-16-19-21-23-25-27-29-30-31-32-34-35-37-39-42-45-48-51-54-60(63)66-57-58(56-65-59(62)53-50-47-44-41-18-15-12-9-6-3)67-61(64)55-52-49-46-43-40-38-36-33-28-26-24-22-20-17-14-11-8-5-2/h20,22,26,28,58H,4-19,21,23-25,27,29-57H2,1-3H3/b22-20-,28-26-. The van der Waals surface area contributed by atoms with Crippen molar-refractivity contribution in [2.75, 3.05) is 13.2 Å². The number of allylic oxidation sites excluding steroid dienone is 4. The zero-order valence-corrected chi connectivity index (χ0v) is 45.2. The number of ether oxygens (including phenoxy) is 3. The maximum absolute atomic E-state index is 12.8. The van der Waals surface area contributed by atoms with Gasteiger partial charge in [-0.2, -0.15) is 0 Å². The molecule has 0 radical (unpaired) electrons. The van der Waals surface area contributed by atoms with Gasteiger partial charge in [-0.1, -0.05) is 283 Å². The lowest BCUT2D eigenvalue weighted by Gasteiger charge is -2.18. The molecule has 0 aromatic carbocycles. The fraction of sp³-hybridized carbons (Fsp3) is 0.885. The molecule has 0 aromatic heterocycles. The number of hydrogen-bond acceptors (Lipinski definition) is 6. The van der Waals surface area contributed by atoms with E-state index in [0.717, 1.165) is 70.6 Å². The maximum atomic E-state index is 12.8. The van der Waals surface area contributed by atoms with E-state index in [1.807, 2.05) is 0 Å². The van der Waals surface area contributed by atoms with Crippen molar-refractivity contribution in [1.82, 2.24) is 0 Å². The first-order valence-electron chi connectivity index (χ1n) is 29.8. The highest BCUT2D eigenvalue weighted by Gasteiger charge is 2.19. The van der Waals surface area contributed by atoms with Crippen LogP contribution in [0.25, 0.3) is 0 Å². The molecule has 0 saturated carbocycles. The Bertz CT molecular complexity index is 1080. The summed E-state index contributed by atoms with van der Waals surface area (Å²) in [5, 5.41) is 0.